The number of allylic oxidation sites excluding steroid dienone is 23. The van der Waals surface area contributed by atoms with Gasteiger partial charge in [-0.2, -0.15) is 0 Å². The molecule has 14 heteroatoms. The summed E-state index contributed by atoms with van der Waals surface area (Å²) in [7, 11) is 0. The fourth-order valence-electron chi connectivity index (χ4n) is 12.0. The molecule has 2 aliphatic heterocycles. The summed E-state index contributed by atoms with van der Waals surface area (Å²) in [6, 6.07) is -0.953. The number of hydrogen-bond donors (Lipinski definition) is 9. The highest BCUT2D eigenvalue weighted by Gasteiger charge is 2.51. The van der Waals surface area contributed by atoms with Crippen LogP contribution in [-0.2, 0) is 23.7 Å². The summed E-state index contributed by atoms with van der Waals surface area (Å²) in [5.41, 5.74) is 0. The van der Waals surface area contributed by atoms with E-state index in [4.69, 9.17) is 18.9 Å². The highest BCUT2D eigenvalue weighted by molar-refractivity contribution is 5.76. The smallest absolute Gasteiger partial charge is 0.220 e. The molecule has 2 saturated heterocycles. The highest BCUT2D eigenvalue weighted by Crippen LogP contribution is 2.30. The predicted octanol–water partition coefficient (Wildman–Crippen LogP) is 18.0. The zero-order valence-corrected chi connectivity index (χ0v) is 61.9. The number of aliphatic hydroxyl groups excluding tert-OH is 8. The van der Waals surface area contributed by atoms with Gasteiger partial charge in [0.25, 0.3) is 0 Å². The number of carbonyl (C=O) groups is 1. The molecular formula is C85H143NO13. The maximum absolute atomic E-state index is 13.4. The Morgan fingerprint density at radius 3 is 1.11 bits per heavy atom. The molecule has 0 aliphatic carbocycles. The van der Waals surface area contributed by atoms with E-state index in [1.54, 1.807) is 6.08 Å². The van der Waals surface area contributed by atoms with Crippen molar-refractivity contribution in [3.63, 3.8) is 0 Å². The van der Waals surface area contributed by atoms with Gasteiger partial charge < -0.3 is 65.1 Å². The molecule has 0 aromatic carbocycles. The monoisotopic (exact) mass is 1390 g/mol. The van der Waals surface area contributed by atoms with E-state index in [9.17, 15) is 45.6 Å². The van der Waals surface area contributed by atoms with E-state index in [0.717, 1.165) is 116 Å². The van der Waals surface area contributed by atoms with Crippen LogP contribution in [0.1, 0.15) is 290 Å². The van der Waals surface area contributed by atoms with Crippen molar-refractivity contribution in [2.45, 2.75) is 364 Å². The minimum atomic E-state index is -1.80. The molecule has 0 bridgehead atoms. The molecule has 0 aromatic heterocycles. The van der Waals surface area contributed by atoms with Crippen LogP contribution in [0.5, 0.6) is 0 Å². The van der Waals surface area contributed by atoms with Gasteiger partial charge in [0.1, 0.15) is 48.8 Å². The summed E-state index contributed by atoms with van der Waals surface area (Å²) in [6.07, 6.45) is 84.8. The van der Waals surface area contributed by atoms with E-state index in [2.05, 4.69) is 153 Å². The molecule has 0 aromatic rings. The number of rotatable bonds is 64. The Labute approximate surface area is 602 Å². The lowest BCUT2D eigenvalue weighted by molar-refractivity contribution is -0.359. The predicted molar refractivity (Wildman–Crippen MR) is 410 cm³/mol. The standard InChI is InChI=1S/C85H143NO13/c1-3-5-7-9-11-13-15-17-19-21-23-25-27-29-31-33-34-35-36-37-38-39-40-41-43-45-47-49-51-53-55-57-59-61-63-65-67-69-77(90)86-73(72-96-84-82(95)80(93)83(76(71-88)98-84)99-85-81(94)79(92)78(91)75(70-87)97-85)74(89)68-66-64-62-60-58-56-54-52-50-48-46-44-42-32-30-28-26-24-22-20-18-16-14-12-10-8-6-4-2/h5,7,11,13,17,19,23,25,29,31,34-35,37-38,40-41,45,47,51,53,58,60,66,68,73-76,78-85,87-89,91-95H,3-4,6,8-10,12,14-16,18,20-22,24,26-28,30,32-33,36,39,42-44,46,48-50,52,54-57,59,61-65,67,69-72H2,1-2H3,(H,86,90)/b7-5-,13-11-,19-17-,25-23-,31-29-,35-34-,38-37-,41-40-,47-45-,53-51-,60-58+,68-66+. The number of carbonyl (C=O) groups excluding carboxylic acids is 1. The molecular weight excluding hydrogens is 1240 g/mol. The van der Waals surface area contributed by atoms with Crippen LogP contribution in [0.4, 0.5) is 0 Å². The summed E-state index contributed by atoms with van der Waals surface area (Å²) < 4.78 is 22.9. The molecule has 2 heterocycles. The minimum absolute atomic E-state index is 0.247. The second-order valence-electron chi connectivity index (χ2n) is 27.1. The molecule has 0 saturated carbocycles. The first-order valence-corrected chi connectivity index (χ1v) is 39.6. The molecule has 12 atom stereocenters. The Morgan fingerprint density at radius 2 is 0.707 bits per heavy atom. The topological polar surface area (TPSA) is 228 Å². The molecule has 1 amide bonds. The molecule has 2 aliphatic rings. The summed E-state index contributed by atoms with van der Waals surface area (Å²) >= 11 is 0. The van der Waals surface area contributed by atoms with Crippen LogP contribution in [-0.4, -0.2) is 140 Å². The van der Waals surface area contributed by atoms with Crippen LogP contribution in [0.3, 0.4) is 0 Å². The Balaban J connectivity index is 1.67. The molecule has 9 N–H and O–H groups in total. The molecule has 99 heavy (non-hydrogen) atoms. The Hall–Kier alpha value is -4.13. The molecule has 12 unspecified atom stereocenters. The largest absolute Gasteiger partial charge is 0.394 e. The SMILES string of the molecule is CC/C=C\C/C=C\C/C=C\C/C=C\C/C=C\C/C=C\C/C=C\C/C=C\C/C=C\C/C=C\CCCCCCCCC(=O)NC(COC1OC(CO)C(OC2OC(CO)C(O)C(O)C2O)C(O)C1O)C(O)/C=C/CC/C=C/CCCCCCCCCCCCCCCCCCCCCCCC. The lowest BCUT2D eigenvalue weighted by Crippen LogP contribution is -2.65. The van der Waals surface area contributed by atoms with Crippen molar-refractivity contribution in [2.24, 2.45) is 0 Å². The van der Waals surface area contributed by atoms with E-state index < -0.39 is 86.8 Å². The van der Waals surface area contributed by atoms with Gasteiger partial charge in [-0.1, -0.05) is 320 Å². The average Bonchev–Trinajstić information content (AvgIpc) is 0.793. The van der Waals surface area contributed by atoms with Crippen molar-refractivity contribution in [2.75, 3.05) is 19.8 Å². The van der Waals surface area contributed by atoms with Crippen molar-refractivity contribution in [3.05, 3.63) is 146 Å². The molecule has 2 fully saturated rings. The second kappa shape index (κ2) is 67.1. The first-order chi connectivity index (χ1) is 48.6. The second-order valence-corrected chi connectivity index (χ2v) is 27.1. The van der Waals surface area contributed by atoms with Gasteiger partial charge in [-0.25, -0.2) is 0 Å². The van der Waals surface area contributed by atoms with Crippen molar-refractivity contribution >= 4 is 5.91 Å². The average molecular weight is 1390 g/mol. The lowest BCUT2D eigenvalue weighted by atomic mass is 9.97. The highest BCUT2D eigenvalue weighted by atomic mass is 16.7. The van der Waals surface area contributed by atoms with Gasteiger partial charge in [-0.15, -0.1) is 0 Å². The summed E-state index contributed by atoms with van der Waals surface area (Å²) in [5, 5.41) is 87.6. The van der Waals surface area contributed by atoms with Crippen LogP contribution in [0.2, 0.25) is 0 Å². The maximum Gasteiger partial charge on any atom is 0.220 e. The Morgan fingerprint density at radius 1 is 0.374 bits per heavy atom. The van der Waals surface area contributed by atoms with Crippen LogP contribution in [0.25, 0.3) is 0 Å². The van der Waals surface area contributed by atoms with Gasteiger partial charge in [0.2, 0.25) is 5.91 Å². The van der Waals surface area contributed by atoms with Crippen molar-refractivity contribution in [1.29, 1.82) is 0 Å². The summed E-state index contributed by atoms with van der Waals surface area (Å²) in [4.78, 5) is 13.4. The van der Waals surface area contributed by atoms with E-state index in [1.165, 1.54) is 141 Å². The molecule has 566 valence electrons. The van der Waals surface area contributed by atoms with Crippen molar-refractivity contribution in [1.82, 2.24) is 5.32 Å². The van der Waals surface area contributed by atoms with Crippen LogP contribution < -0.4 is 5.32 Å². The third-order valence-corrected chi connectivity index (χ3v) is 18.3. The Kier molecular flexibility index (Phi) is 61.6. The number of nitrogens with one attached hydrogen (secondary N) is 1. The number of amides is 1. The zero-order chi connectivity index (χ0) is 71.5. The third-order valence-electron chi connectivity index (χ3n) is 18.3. The van der Waals surface area contributed by atoms with Gasteiger partial charge in [0, 0.05) is 6.42 Å². The summed E-state index contributed by atoms with van der Waals surface area (Å²) in [5.74, 6) is -0.267. The number of aliphatic hydroxyl groups is 8. The van der Waals surface area contributed by atoms with Gasteiger partial charge in [-0.3, -0.25) is 4.79 Å². The van der Waals surface area contributed by atoms with E-state index in [-0.39, 0.29) is 18.9 Å². The molecule has 14 nitrogen and oxygen atoms in total. The van der Waals surface area contributed by atoms with Crippen LogP contribution in [0, 0.1) is 0 Å². The van der Waals surface area contributed by atoms with E-state index in [1.807, 2.05) is 6.08 Å². The number of unbranched alkanes of at least 4 members (excludes halogenated alkanes) is 29. The molecule has 0 radical (unpaired) electrons. The fourth-order valence-corrected chi connectivity index (χ4v) is 12.0. The third kappa shape index (κ3) is 50.0. The maximum atomic E-state index is 13.4. The molecule has 0 spiro atoms. The number of ether oxygens (including phenoxy) is 4. The minimum Gasteiger partial charge on any atom is -0.394 e. The Bertz CT molecular complexity index is 2230. The lowest BCUT2D eigenvalue weighted by Gasteiger charge is -2.46. The normalized spacial score (nSPS) is 22.8. The fraction of sp³-hybridized carbons (Fsp3) is 0.706. The van der Waals surface area contributed by atoms with Gasteiger partial charge in [0.15, 0.2) is 12.6 Å². The van der Waals surface area contributed by atoms with Gasteiger partial charge in [-0.05, 0) is 109 Å². The molecule has 2 rings (SSSR count). The van der Waals surface area contributed by atoms with Crippen LogP contribution in [0.15, 0.2) is 146 Å². The first-order valence-electron chi connectivity index (χ1n) is 39.6. The van der Waals surface area contributed by atoms with E-state index >= 15 is 0 Å². The zero-order valence-electron chi connectivity index (χ0n) is 61.9. The first kappa shape index (κ1) is 91.0. The van der Waals surface area contributed by atoms with Crippen LogP contribution >= 0.6 is 0 Å². The van der Waals surface area contributed by atoms with E-state index in [0.29, 0.717) is 12.8 Å². The summed E-state index contributed by atoms with van der Waals surface area (Å²) in [6.45, 7) is 2.68. The number of hydrogen-bond acceptors (Lipinski definition) is 13. The van der Waals surface area contributed by atoms with Gasteiger partial charge in [0.05, 0.1) is 32.0 Å². The van der Waals surface area contributed by atoms with Gasteiger partial charge >= 0.3 is 0 Å². The quantitative estimate of drug-likeness (QED) is 0.0204. The van der Waals surface area contributed by atoms with Crippen molar-refractivity contribution < 1.29 is 64.6 Å². The van der Waals surface area contributed by atoms with Crippen molar-refractivity contribution in [3.8, 4) is 0 Å².